The standard InChI is InChI=1S/C22H25ClN4O2/c1-3-6-17-13-20(26(2)25-17)22(28)27-10-5-9-19(27)21-24-14-18(29-21)12-15-7-4-8-16(23)11-15/h4,7-8,11,13-14,19H,3,5-6,9-10,12H2,1-2H3/t19-/m1/s1. The third-order valence-corrected chi connectivity index (χ3v) is 5.53. The smallest absolute Gasteiger partial charge is 0.272 e. The van der Waals surface area contributed by atoms with Crippen LogP contribution in [0.3, 0.4) is 0 Å². The Hall–Kier alpha value is -2.60. The number of hydrogen-bond donors (Lipinski definition) is 0. The fourth-order valence-corrected chi connectivity index (χ4v) is 4.14. The van der Waals surface area contributed by atoms with Crippen molar-refractivity contribution in [1.82, 2.24) is 19.7 Å². The number of carbonyl (C=O) groups is 1. The van der Waals surface area contributed by atoms with Gasteiger partial charge in [-0.15, -0.1) is 0 Å². The summed E-state index contributed by atoms with van der Waals surface area (Å²) in [5.74, 6) is 1.36. The average molecular weight is 413 g/mol. The minimum Gasteiger partial charge on any atom is -0.443 e. The fourth-order valence-electron chi connectivity index (χ4n) is 3.93. The van der Waals surface area contributed by atoms with E-state index in [1.54, 1.807) is 10.9 Å². The second-order valence-corrected chi connectivity index (χ2v) is 7.96. The number of benzene rings is 1. The predicted molar refractivity (Wildman–Crippen MR) is 111 cm³/mol. The summed E-state index contributed by atoms with van der Waals surface area (Å²) in [7, 11) is 1.83. The van der Waals surface area contributed by atoms with Gasteiger partial charge in [-0.25, -0.2) is 4.98 Å². The van der Waals surface area contributed by atoms with Crippen LogP contribution in [-0.2, 0) is 19.9 Å². The lowest BCUT2D eigenvalue weighted by molar-refractivity contribution is 0.0703. The number of likely N-dealkylation sites (tertiary alicyclic amines) is 1. The molecule has 1 atom stereocenters. The molecule has 1 amide bonds. The van der Waals surface area contributed by atoms with Crippen LogP contribution in [0, 0.1) is 0 Å². The van der Waals surface area contributed by atoms with Gasteiger partial charge in [-0.2, -0.15) is 5.10 Å². The molecule has 0 N–H and O–H groups in total. The number of aromatic nitrogens is 3. The summed E-state index contributed by atoms with van der Waals surface area (Å²) < 4.78 is 7.71. The van der Waals surface area contributed by atoms with Crippen LogP contribution in [0.2, 0.25) is 5.02 Å². The van der Waals surface area contributed by atoms with E-state index in [0.717, 1.165) is 42.7 Å². The maximum absolute atomic E-state index is 13.2. The number of carbonyl (C=O) groups excluding carboxylic acids is 1. The Bertz CT molecular complexity index is 1010. The minimum absolute atomic E-state index is 0.0144. The molecule has 0 aliphatic carbocycles. The van der Waals surface area contributed by atoms with Gasteiger partial charge in [0.2, 0.25) is 5.89 Å². The molecule has 7 heteroatoms. The van der Waals surface area contributed by atoms with Crippen molar-refractivity contribution in [2.75, 3.05) is 6.54 Å². The molecule has 29 heavy (non-hydrogen) atoms. The third-order valence-electron chi connectivity index (χ3n) is 5.29. The normalized spacial score (nSPS) is 16.5. The SMILES string of the molecule is CCCc1cc(C(=O)N2CCC[C@@H]2c2ncc(Cc3cccc(Cl)c3)o2)n(C)n1. The zero-order valence-corrected chi connectivity index (χ0v) is 17.5. The topological polar surface area (TPSA) is 64.2 Å². The highest BCUT2D eigenvalue weighted by atomic mass is 35.5. The van der Waals surface area contributed by atoms with Crippen molar-refractivity contribution in [3.8, 4) is 0 Å². The number of hydrogen-bond acceptors (Lipinski definition) is 4. The predicted octanol–water partition coefficient (Wildman–Crippen LogP) is 4.58. The van der Waals surface area contributed by atoms with Crippen molar-refractivity contribution < 1.29 is 9.21 Å². The van der Waals surface area contributed by atoms with E-state index in [0.29, 0.717) is 29.6 Å². The van der Waals surface area contributed by atoms with Crippen LogP contribution in [0.1, 0.15) is 65.6 Å². The van der Waals surface area contributed by atoms with E-state index in [-0.39, 0.29) is 11.9 Å². The third kappa shape index (κ3) is 4.22. The molecule has 1 fully saturated rings. The van der Waals surface area contributed by atoms with Crippen LogP contribution in [-0.4, -0.2) is 32.1 Å². The first kappa shape index (κ1) is 19.7. The number of oxazole rings is 1. The molecular weight excluding hydrogens is 388 g/mol. The summed E-state index contributed by atoms with van der Waals surface area (Å²) in [5.41, 5.74) is 2.64. The molecule has 152 valence electrons. The number of amides is 1. The van der Waals surface area contributed by atoms with Crippen molar-refractivity contribution in [1.29, 1.82) is 0 Å². The first-order valence-corrected chi connectivity index (χ1v) is 10.5. The van der Waals surface area contributed by atoms with E-state index in [4.69, 9.17) is 16.0 Å². The summed E-state index contributed by atoms with van der Waals surface area (Å²) in [6.45, 7) is 2.81. The van der Waals surface area contributed by atoms with Crippen LogP contribution < -0.4 is 0 Å². The number of rotatable bonds is 6. The molecule has 0 unspecified atom stereocenters. The first-order chi connectivity index (χ1) is 14.0. The molecular formula is C22H25ClN4O2. The summed E-state index contributed by atoms with van der Waals surface area (Å²) >= 11 is 6.07. The molecule has 0 radical (unpaired) electrons. The molecule has 1 aliphatic heterocycles. The molecule has 1 saturated heterocycles. The maximum Gasteiger partial charge on any atom is 0.272 e. The Morgan fingerprint density at radius 1 is 1.34 bits per heavy atom. The van der Waals surface area contributed by atoms with Gasteiger partial charge in [0.1, 0.15) is 17.5 Å². The Labute approximate surface area is 175 Å². The Morgan fingerprint density at radius 3 is 3.00 bits per heavy atom. The summed E-state index contributed by atoms with van der Waals surface area (Å²) in [6, 6.07) is 9.47. The largest absolute Gasteiger partial charge is 0.443 e. The second-order valence-electron chi connectivity index (χ2n) is 7.52. The lowest BCUT2D eigenvalue weighted by Crippen LogP contribution is -2.32. The van der Waals surface area contributed by atoms with Gasteiger partial charge in [0.15, 0.2) is 0 Å². The highest BCUT2D eigenvalue weighted by molar-refractivity contribution is 6.30. The Kier molecular flexibility index (Phi) is 5.72. The molecule has 2 aromatic heterocycles. The van der Waals surface area contributed by atoms with Gasteiger partial charge in [0.25, 0.3) is 5.91 Å². The van der Waals surface area contributed by atoms with Gasteiger partial charge in [-0.3, -0.25) is 9.48 Å². The van der Waals surface area contributed by atoms with Gasteiger partial charge in [-0.1, -0.05) is 37.1 Å². The van der Waals surface area contributed by atoms with E-state index in [2.05, 4.69) is 17.0 Å². The Balaban J connectivity index is 1.51. The summed E-state index contributed by atoms with van der Waals surface area (Å²) in [4.78, 5) is 19.5. The average Bonchev–Trinajstić information content (AvgIpc) is 3.41. The van der Waals surface area contributed by atoms with Crippen molar-refractivity contribution in [3.63, 3.8) is 0 Å². The Morgan fingerprint density at radius 2 is 2.21 bits per heavy atom. The number of aryl methyl sites for hydroxylation is 2. The number of nitrogens with zero attached hydrogens (tertiary/aromatic N) is 4. The molecule has 1 aromatic carbocycles. The zero-order valence-electron chi connectivity index (χ0n) is 16.8. The van der Waals surface area contributed by atoms with E-state index in [1.165, 1.54) is 0 Å². The monoisotopic (exact) mass is 412 g/mol. The zero-order chi connectivity index (χ0) is 20.4. The lowest BCUT2D eigenvalue weighted by atomic mass is 10.1. The molecule has 0 bridgehead atoms. The second kappa shape index (κ2) is 8.41. The van der Waals surface area contributed by atoms with Crippen LogP contribution in [0.25, 0.3) is 0 Å². The maximum atomic E-state index is 13.2. The molecule has 3 heterocycles. The van der Waals surface area contributed by atoms with Crippen LogP contribution >= 0.6 is 11.6 Å². The van der Waals surface area contributed by atoms with E-state index in [9.17, 15) is 4.79 Å². The van der Waals surface area contributed by atoms with Crippen LogP contribution in [0.15, 0.2) is 40.9 Å². The first-order valence-electron chi connectivity index (χ1n) is 10.1. The van der Waals surface area contributed by atoms with Gasteiger partial charge in [0.05, 0.1) is 11.9 Å². The van der Waals surface area contributed by atoms with Gasteiger partial charge >= 0.3 is 0 Å². The van der Waals surface area contributed by atoms with Crippen molar-refractivity contribution in [3.05, 3.63) is 70.2 Å². The van der Waals surface area contributed by atoms with Gasteiger partial charge in [-0.05, 0) is 43.0 Å². The lowest BCUT2D eigenvalue weighted by Gasteiger charge is -2.22. The van der Waals surface area contributed by atoms with E-state index < -0.39 is 0 Å². The highest BCUT2D eigenvalue weighted by Crippen LogP contribution is 2.33. The molecule has 4 rings (SSSR count). The fraction of sp³-hybridized carbons (Fsp3) is 0.409. The molecule has 3 aromatic rings. The van der Waals surface area contributed by atoms with Crippen LogP contribution in [0.4, 0.5) is 0 Å². The summed E-state index contributed by atoms with van der Waals surface area (Å²) in [5, 5.41) is 5.17. The van der Waals surface area contributed by atoms with Gasteiger partial charge in [0, 0.05) is 25.0 Å². The highest BCUT2D eigenvalue weighted by Gasteiger charge is 2.35. The van der Waals surface area contributed by atoms with Crippen molar-refractivity contribution in [2.45, 2.75) is 45.1 Å². The quantitative estimate of drug-likeness (QED) is 0.594. The molecule has 1 aliphatic rings. The van der Waals surface area contributed by atoms with Crippen LogP contribution in [0.5, 0.6) is 0 Å². The van der Waals surface area contributed by atoms with Crippen molar-refractivity contribution in [2.24, 2.45) is 7.05 Å². The number of halogens is 1. The minimum atomic E-state index is -0.139. The van der Waals surface area contributed by atoms with Gasteiger partial charge < -0.3 is 9.32 Å². The molecule has 0 saturated carbocycles. The molecule has 6 nitrogen and oxygen atoms in total. The molecule has 0 spiro atoms. The van der Waals surface area contributed by atoms with E-state index in [1.807, 2.05) is 42.3 Å². The van der Waals surface area contributed by atoms with Crippen molar-refractivity contribution >= 4 is 17.5 Å². The summed E-state index contributed by atoms with van der Waals surface area (Å²) in [6.07, 6.45) is 6.03. The van der Waals surface area contributed by atoms with E-state index >= 15 is 0 Å².